The Morgan fingerprint density at radius 3 is 2.46 bits per heavy atom. The number of aromatic nitrogens is 3. The van der Waals surface area contributed by atoms with Crippen LogP contribution in [0, 0.1) is 0 Å². The average Bonchev–Trinajstić information content (AvgIpc) is 3.42. The molecule has 144 valence electrons. The van der Waals surface area contributed by atoms with Crippen LogP contribution in [0.3, 0.4) is 0 Å². The van der Waals surface area contributed by atoms with E-state index in [9.17, 15) is 4.79 Å². The van der Waals surface area contributed by atoms with E-state index in [0.717, 1.165) is 36.4 Å². The Bertz CT molecular complexity index is 932. The van der Waals surface area contributed by atoms with Crippen molar-refractivity contribution in [2.24, 2.45) is 0 Å². The summed E-state index contributed by atoms with van der Waals surface area (Å²) in [6, 6.07) is 16.0. The van der Waals surface area contributed by atoms with Gasteiger partial charge in [0.2, 0.25) is 0 Å². The second-order valence-electron chi connectivity index (χ2n) is 7.38. The summed E-state index contributed by atoms with van der Waals surface area (Å²) < 4.78 is 1.86. The number of carbonyl (C=O) groups is 1. The molecular formula is C22H25N5O. The molecule has 0 spiro atoms. The molecule has 1 aromatic heterocycles. The molecule has 0 aliphatic carbocycles. The van der Waals surface area contributed by atoms with Crippen molar-refractivity contribution in [1.29, 1.82) is 0 Å². The molecule has 3 aromatic rings. The normalized spacial score (nSPS) is 15.5. The molecule has 28 heavy (non-hydrogen) atoms. The Balaban J connectivity index is 1.48. The molecule has 6 nitrogen and oxygen atoms in total. The number of benzene rings is 2. The van der Waals surface area contributed by atoms with Crippen LogP contribution in [0.2, 0.25) is 0 Å². The summed E-state index contributed by atoms with van der Waals surface area (Å²) in [7, 11) is 0. The Morgan fingerprint density at radius 2 is 1.71 bits per heavy atom. The number of likely N-dealkylation sites (tertiary alicyclic amines) is 1. The van der Waals surface area contributed by atoms with Crippen LogP contribution in [-0.4, -0.2) is 51.2 Å². The van der Waals surface area contributed by atoms with E-state index in [1.165, 1.54) is 12.8 Å². The first-order chi connectivity index (χ1) is 13.7. The number of nitrogens with zero attached hydrogens (tertiary/aromatic N) is 4. The van der Waals surface area contributed by atoms with Gasteiger partial charge in [-0.05, 0) is 68.2 Å². The second-order valence-corrected chi connectivity index (χ2v) is 7.38. The zero-order valence-corrected chi connectivity index (χ0v) is 16.1. The first-order valence-corrected chi connectivity index (χ1v) is 9.78. The molecule has 2 heterocycles. The quantitative estimate of drug-likeness (QED) is 0.719. The van der Waals surface area contributed by atoms with Crippen molar-refractivity contribution < 1.29 is 4.79 Å². The van der Waals surface area contributed by atoms with Crippen molar-refractivity contribution in [1.82, 2.24) is 25.0 Å². The molecule has 1 unspecified atom stereocenters. The van der Waals surface area contributed by atoms with Crippen LogP contribution in [0.1, 0.15) is 30.1 Å². The van der Waals surface area contributed by atoms with Gasteiger partial charge in [0.15, 0.2) is 0 Å². The molecule has 1 aliphatic heterocycles. The fourth-order valence-electron chi connectivity index (χ4n) is 3.73. The number of amides is 1. The summed E-state index contributed by atoms with van der Waals surface area (Å²) in [6.07, 6.45) is 5.86. The Hall–Kier alpha value is -2.99. The van der Waals surface area contributed by atoms with Crippen molar-refractivity contribution in [3.8, 4) is 16.8 Å². The van der Waals surface area contributed by atoms with Gasteiger partial charge in [-0.15, -0.1) is 10.2 Å². The van der Waals surface area contributed by atoms with Crippen LogP contribution >= 0.6 is 0 Å². The van der Waals surface area contributed by atoms with Gasteiger partial charge in [-0.3, -0.25) is 9.36 Å². The van der Waals surface area contributed by atoms with Crippen molar-refractivity contribution in [3.63, 3.8) is 0 Å². The number of carbonyl (C=O) groups excluding carboxylic acids is 1. The van der Waals surface area contributed by atoms with Crippen LogP contribution in [0.25, 0.3) is 16.8 Å². The van der Waals surface area contributed by atoms with E-state index in [1.807, 2.05) is 47.0 Å². The summed E-state index contributed by atoms with van der Waals surface area (Å²) in [4.78, 5) is 15.1. The summed E-state index contributed by atoms with van der Waals surface area (Å²) >= 11 is 0. The van der Waals surface area contributed by atoms with Crippen LogP contribution in [0.15, 0.2) is 61.2 Å². The Kier molecular flexibility index (Phi) is 5.48. The van der Waals surface area contributed by atoms with E-state index >= 15 is 0 Å². The zero-order valence-electron chi connectivity index (χ0n) is 16.1. The van der Waals surface area contributed by atoms with Crippen LogP contribution < -0.4 is 5.32 Å². The van der Waals surface area contributed by atoms with E-state index in [4.69, 9.17) is 0 Å². The molecular weight excluding hydrogens is 350 g/mol. The van der Waals surface area contributed by atoms with Gasteiger partial charge in [-0.25, -0.2) is 0 Å². The molecule has 0 radical (unpaired) electrons. The van der Waals surface area contributed by atoms with Gasteiger partial charge in [0, 0.05) is 23.8 Å². The molecule has 1 fully saturated rings. The first kappa shape index (κ1) is 18.4. The minimum Gasteiger partial charge on any atom is -0.348 e. The van der Waals surface area contributed by atoms with Crippen molar-refractivity contribution in [2.45, 2.75) is 25.8 Å². The lowest BCUT2D eigenvalue weighted by atomic mass is 10.0. The number of hydrogen-bond donors (Lipinski definition) is 1. The van der Waals surface area contributed by atoms with E-state index in [2.05, 4.69) is 33.4 Å². The zero-order chi connectivity index (χ0) is 19.3. The Morgan fingerprint density at radius 1 is 1.04 bits per heavy atom. The number of nitrogens with one attached hydrogen (secondary N) is 1. The highest BCUT2D eigenvalue weighted by Crippen LogP contribution is 2.23. The predicted molar refractivity (Wildman–Crippen MR) is 109 cm³/mol. The molecule has 1 amide bonds. The number of rotatable bonds is 6. The third-order valence-electron chi connectivity index (χ3n) is 5.13. The second kappa shape index (κ2) is 8.35. The molecule has 0 bridgehead atoms. The fourth-order valence-corrected chi connectivity index (χ4v) is 3.73. The van der Waals surface area contributed by atoms with Gasteiger partial charge in [-0.2, -0.15) is 0 Å². The molecule has 1 atom stereocenters. The van der Waals surface area contributed by atoms with Gasteiger partial charge >= 0.3 is 0 Å². The van der Waals surface area contributed by atoms with E-state index in [-0.39, 0.29) is 11.9 Å². The molecule has 4 rings (SSSR count). The SMILES string of the molecule is CC(CN1CCCC1)NC(=O)c1cccc(-c2cccc(-n3cnnc3)c2)c1. The predicted octanol–water partition coefficient (Wildman–Crippen LogP) is 3.15. The smallest absolute Gasteiger partial charge is 0.251 e. The molecule has 1 saturated heterocycles. The topological polar surface area (TPSA) is 63.1 Å². The minimum absolute atomic E-state index is 0.0245. The maximum absolute atomic E-state index is 12.7. The van der Waals surface area contributed by atoms with E-state index in [1.54, 1.807) is 12.7 Å². The Labute approximate surface area is 165 Å². The lowest BCUT2D eigenvalue weighted by molar-refractivity contribution is 0.0932. The maximum atomic E-state index is 12.7. The van der Waals surface area contributed by atoms with Gasteiger partial charge in [0.25, 0.3) is 5.91 Å². The highest BCUT2D eigenvalue weighted by atomic mass is 16.1. The van der Waals surface area contributed by atoms with E-state index in [0.29, 0.717) is 5.56 Å². The fraction of sp³-hybridized carbons (Fsp3) is 0.318. The molecule has 6 heteroatoms. The van der Waals surface area contributed by atoms with Gasteiger partial charge in [0.1, 0.15) is 12.7 Å². The van der Waals surface area contributed by atoms with Gasteiger partial charge < -0.3 is 10.2 Å². The standard InChI is InChI=1S/C22H25N5O/c1-17(14-26-10-2-3-11-26)25-22(28)20-8-4-6-18(12-20)19-7-5-9-21(13-19)27-15-23-24-16-27/h4-9,12-13,15-17H,2-3,10-11,14H2,1H3,(H,25,28). The van der Waals surface area contributed by atoms with Gasteiger partial charge in [0.05, 0.1) is 0 Å². The third-order valence-corrected chi connectivity index (χ3v) is 5.13. The lowest BCUT2D eigenvalue weighted by Gasteiger charge is -2.21. The van der Waals surface area contributed by atoms with Gasteiger partial charge in [-0.1, -0.05) is 24.3 Å². The van der Waals surface area contributed by atoms with Crippen molar-refractivity contribution in [3.05, 3.63) is 66.7 Å². The van der Waals surface area contributed by atoms with E-state index < -0.39 is 0 Å². The van der Waals surface area contributed by atoms with Crippen molar-refractivity contribution >= 4 is 5.91 Å². The minimum atomic E-state index is -0.0245. The summed E-state index contributed by atoms with van der Waals surface area (Å²) in [6.45, 7) is 5.26. The molecule has 0 saturated carbocycles. The average molecular weight is 375 g/mol. The summed E-state index contributed by atoms with van der Waals surface area (Å²) in [5, 5.41) is 10.9. The van der Waals surface area contributed by atoms with Crippen LogP contribution in [-0.2, 0) is 0 Å². The van der Waals surface area contributed by atoms with Crippen LogP contribution in [0.5, 0.6) is 0 Å². The first-order valence-electron chi connectivity index (χ1n) is 9.78. The highest BCUT2D eigenvalue weighted by molar-refractivity contribution is 5.95. The van der Waals surface area contributed by atoms with Crippen LogP contribution in [0.4, 0.5) is 0 Å². The molecule has 1 N–H and O–H groups in total. The molecule has 2 aromatic carbocycles. The summed E-state index contributed by atoms with van der Waals surface area (Å²) in [5.74, 6) is -0.0245. The maximum Gasteiger partial charge on any atom is 0.251 e. The van der Waals surface area contributed by atoms with Crippen molar-refractivity contribution in [2.75, 3.05) is 19.6 Å². The lowest BCUT2D eigenvalue weighted by Crippen LogP contribution is -2.41. The highest BCUT2D eigenvalue weighted by Gasteiger charge is 2.17. The number of hydrogen-bond acceptors (Lipinski definition) is 4. The largest absolute Gasteiger partial charge is 0.348 e. The third kappa shape index (κ3) is 4.28. The summed E-state index contributed by atoms with van der Waals surface area (Å²) in [5.41, 5.74) is 3.72. The monoisotopic (exact) mass is 375 g/mol. The molecule has 1 aliphatic rings.